The van der Waals surface area contributed by atoms with Gasteiger partial charge in [0, 0.05) is 32.1 Å². The predicted molar refractivity (Wildman–Crippen MR) is 58.6 cm³/mol. The molecule has 0 N–H and O–H groups in total. The van der Waals surface area contributed by atoms with Crippen LogP contribution in [0, 0.1) is 0 Å². The van der Waals surface area contributed by atoms with E-state index in [-0.39, 0.29) is 11.3 Å². The van der Waals surface area contributed by atoms with Crippen molar-refractivity contribution in [3.63, 3.8) is 0 Å². The molecule has 4 heteroatoms. The lowest BCUT2D eigenvalue weighted by atomic mass is 10.3. The molecule has 0 spiro atoms. The maximum absolute atomic E-state index is 11.4. The molecule has 1 amide bonds. The Bertz CT molecular complexity index is 208. The Kier molecular flexibility index (Phi) is 4.20. The largest absolute Gasteiger partial charge is 0.340 e. The van der Waals surface area contributed by atoms with Crippen molar-refractivity contribution in [2.45, 2.75) is 31.7 Å². The maximum Gasteiger partial charge on any atom is 0.224 e. The van der Waals surface area contributed by atoms with E-state index in [1.165, 1.54) is 0 Å². The molecular weight excluding hydrogens is 200 g/mol. The second-order valence-electron chi connectivity index (χ2n) is 4.22. The van der Waals surface area contributed by atoms with Crippen LogP contribution in [-0.4, -0.2) is 53.8 Å². The topological polar surface area (TPSA) is 23.6 Å². The summed E-state index contributed by atoms with van der Waals surface area (Å²) in [6.45, 7) is 6.74. The number of likely N-dealkylation sites (N-methyl/N-ethyl adjacent to an activating group) is 1. The van der Waals surface area contributed by atoms with Gasteiger partial charge >= 0.3 is 0 Å². The lowest BCUT2D eigenvalue weighted by Crippen LogP contribution is -2.37. The first-order valence-electron chi connectivity index (χ1n) is 5.12. The highest BCUT2D eigenvalue weighted by molar-refractivity contribution is 6.22. The molecular formula is C10H19ClN2O. The average molecular weight is 219 g/mol. The van der Waals surface area contributed by atoms with Gasteiger partial charge in [0.1, 0.15) is 0 Å². The van der Waals surface area contributed by atoms with Crippen LogP contribution in [0.25, 0.3) is 0 Å². The van der Waals surface area contributed by atoms with Crippen LogP contribution < -0.4 is 0 Å². The van der Waals surface area contributed by atoms with Gasteiger partial charge in [-0.1, -0.05) is 0 Å². The number of carbonyl (C=O) groups excluding carboxylic acids is 1. The van der Waals surface area contributed by atoms with E-state index in [0.717, 1.165) is 13.1 Å². The first kappa shape index (κ1) is 11.8. The molecule has 0 bridgehead atoms. The zero-order valence-corrected chi connectivity index (χ0v) is 9.92. The van der Waals surface area contributed by atoms with Crippen molar-refractivity contribution in [3.8, 4) is 0 Å². The molecule has 82 valence electrons. The lowest BCUT2D eigenvalue weighted by molar-refractivity contribution is -0.127. The highest BCUT2D eigenvalue weighted by Gasteiger charge is 2.27. The van der Waals surface area contributed by atoms with Gasteiger partial charge in [-0.05, 0) is 20.9 Å². The molecule has 14 heavy (non-hydrogen) atoms. The molecule has 0 radical (unpaired) electrons. The van der Waals surface area contributed by atoms with Crippen LogP contribution in [0.3, 0.4) is 0 Å². The number of hydrogen-bond acceptors (Lipinski definition) is 2. The third kappa shape index (κ3) is 3.14. The van der Waals surface area contributed by atoms with Gasteiger partial charge in [-0.2, -0.15) is 0 Å². The summed E-state index contributed by atoms with van der Waals surface area (Å²) in [6, 6.07) is 0.527. The molecule has 0 aromatic heterocycles. The van der Waals surface area contributed by atoms with E-state index in [9.17, 15) is 4.79 Å². The molecule has 0 saturated carbocycles. The Morgan fingerprint density at radius 2 is 2.29 bits per heavy atom. The molecule has 1 unspecified atom stereocenters. The minimum absolute atomic E-state index is 0.0202. The SMILES string of the molecule is CC(C)N(C)CCN1CC(Cl)CC1=O. The molecule has 1 heterocycles. The van der Waals surface area contributed by atoms with Crippen LogP contribution >= 0.6 is 11.6 Å². The minimum Gasteiger partial charge on any atom is -0.340 e. The van der Waals surface area contributed by atoms with E-state index in [1.54, 1.807) is 0 Å². The molecule has 1 saturated heterocycles. The van der Waals surface area contributed by atoms with Crippen molar-refractivity contribution in [2.24, 2.45) is 0 Å². The summed E-state index contributed by atoms with van der Waals surface area (Å²) < 4.78 is 0. The van der Waals surface area contributed by atoms with Crippen LogP contribution in [0.4, 0.5) is 0 Å². The van der Waals surface area contributed by atoms with E-state index in [4.69, 9.17) is 11.6 Å². The van der Waals surface area contributed by atoms with Crippen LogP contribution in [0.1, 0.15) is 20.3 Å². The summed E-state index contributed by atoms with van der Waals surface area (Å²) in [5.41, 5.74) is 0. The molecule has 0 aliphatic carbocycles. The number of hydrogen-bond donors (Lipinski definition) is 0. The van der Waals surface area contributed by atoms with E-state index in [2.05, 4.69) is 25.8 Å². The molecule has 1 aliphatic heterocycles. The second-order valence-corrected chi connectivity index (χ2v) is 4.83. The number of nitrogens with zero attached hydrogens (tertiary/aromatic N) is 2. The third-order valence-corrected chi connectivity index (χ3v) is 3.06. The van der Waals surface area contributed by atoms with Crippen LogP contribution in [-0.2, 0) is 4.79 Å². The number of halogens is 1. The Labute approximate surface area is 91.0 Å². The lowest BCUT2D eigenvalue weighted by Gasteiger charge is -2.24. The first-order chi connectivity index (χ1) is 6.50. The van der Waals surface area contributed by atoms with Gasteiger partial charge in [-0.25, -0.2) is 0 Å². The number of alkyl halides is 1. The van der Waals surface area contributed by atoms with Gasteiger partial charge in [0.2, 0.25) is 5.91 Å². The van der Waals surface area contributed by atoms with Gasteiger partial charge in [0.15, 0.2) is 0 Å². The number of likely N-dealkylation sites (tertiary alicyclic amines) is 1. The molecule has 0 aromatic rings. The van der Waals surface area contributed by atoms with Crippen molar-refractivity contribution in [2.75, 3.05) is 26.7 Å². The van der Waals surface area contributed by atoms with E-state index >= 15 is 0 Å². The average Bonchev–Trinajstić information content (AvgIpc) is 2.40. The maximum atomic E-state index is 11.4. The summed E-state index contributed by atoms with van der Waals surface area (Å²) in [5, 5.41) is 0.0202. The molecule has 3 nitrogen and oxygen atoms in total. The monoisotopic (exact) mass is 218 g/mol. The minimum atomic E-state index is 0.0202. The fourth-order valence-electron chi connectivity index (χ4n) is 1.48. The van der Waals surface area contributed by atoms with Crippen molar-refractivity contribution < 1.29 is 4.79 Å². The standard InChI is InChI=1S/C10H19ClN2O/c1-8(2)12(3)4-5-13-7-9(11)6-10(13)14/h8-9H,4-7H2,1-3H3. The van der Waals surface area contributed by atoms with E-state index in [0.29, 0.717) is 19.0 Å². The van der Waals surface area contributed by atoms with Crippen molar-refractivity contribution in [1.29, 1.82) is 0 Å². The van der Waals surface area contributed by atoms with Gasteiger partial charge in [-0.15, -0.1) is 11.6 Å². The molecule has 1 rings (SSSR count). The number of amides is 1. The van der Waals surface area contributed by atoms with E-state index < -0.39 is 0 Å². The number of carbonyl (C=O) groups is 1. The van der Waals surface area contributed by atoms with Gasteiger partial charge in [0.25, 0.3) is 0 Å². The smallest absolute Gasteiger partial charge is 0.224 e. The third-order valence-electron chi connectivity index (χ3n) is 2.77. The van der Waals surface area contributed by atoms with Gasteiger partial charge in [0.05, 0.1) is 5.38 Å². The second kappa shape index (κ2) is 4.99. The van der Waals surface area contributed by atoms with E-state index in [1.807, 2.05) is 4.90 Å². The zero-order valence-electron chi connectivity index (χ0n) is 9.16. The molecule has 1 fully saturated rings. The quantitative estimate of drug-likeness (QED) is 0.662. The van der Waals surface area contributed by atoms with Crippen LogP contribution in [0.5, 0.6) is 0 Å². The molecule has 0 aromatic carbocycles. The van der Waals surface area contributed by atoms with Crippen molar-refractivity contribution >= 4 is 17.5 Å². The highest BCUT2D eigenvalue weighted by atomic mass is 35.5. The Morgan fingerprint density at radius 3 is 2.71 bits per heavy atom. The first-order valence-corrected chi connectivity index (χ1v) is 5.56. The summed E-state index contributed by atoms with van der Waals surface area (Å²) in [5.74, 6) is 0.196. The highest BCUT2D eigenvalue weighted by Crippen LogP contribution is 2.15. The Hall–Kier alpha value is -0.280. The van der Waals surface area contributed by atoms with Crippen LogP contribution in [0.2, 0.25) is 0 Å². The molecule has 1 aliphatic rings. The summed E-state index contributed by atoms with van der Waals surface area (Å²) in [6.07, 6.45) is 0.507. The van der Waals surface area contributed by atoms with Crippen molar-refractivity contribution in [1.82, 2.24) is 9.80 Å². The predicted octanol–water partition coefficient (Wildman–Crippen LogP) is 1.17. The van der Waals surface area contributed by atoms with Crippen LogP contribution in [0.15, 0.2) is 0 Å². The summed E-state index contributed by atoms with van der Waals surface area (Å²) >= 11 is 5.90. The molecule has 1 atom stereocenters. The number of rotatable bonds is 4. The van der Waals surface area contributed by atoms with Crippen molar-refractivity contribution in [3.05, 3.63) is 0 Å². The van der Waals surface area contributed by atoms with Gasteiger partial charge in [-0.3, -0.25) is 4.79 Å². The fourth-order valence-corrected chi connectivity index (χ4v) is 1.78. The van der Waals surface area contributed by atoms with Gasteiger partial charge < -0.3 is 9.80 Å². The Morgan fingerprint density at radius 1 is 1.64 bits per heavy atom. The zero-order chi connectivity index (χ0) is 10.7. The normalized spacial score (nSPS) is 22.9. The fraction of sp³-hybridized carbons (Fsp3) is 0.900. The summed E-state index contributed by atoms with van der Waals surface area (Å²) in [7, 11) is 2.07. The Balaban J connectivity index is 2.28. The summed E-state index contributed by atoms with van der Waals surface area (Å²) in [4.78, 5) is 15.5.